The molecule has 4 heterocycles. The van der Waals surface area contributed by atoms with Crippen molar-refractivity contribution in [3.63, 3.8) is 0 Å². The highest BCUT2D eigenvalue weighted by Gasteiger charge is 2.38. The third kappa shape index (κ3) is 24.4. The Morgan fingerprint density at radius 2 is 0.758 bits per heavy atom. The second-order valence-electron chi connectivity index (χ2n) is 23.8. The van der Waals surface area contributed by atoms with Crippen LogP contribution < -0.4 is 0 Å². The number of rotatable bonds is 24. The summed E-state index contributed by atoms with van der Waals surface area (Å²) < 4.78 is 195. The number of halogens is 16. The second-order valence-corrected chi connectivity index (χ2v) is 24.2. The Morgan fingerprint density at radius 1 is 0.400 bits per heavy atom. The first-order valence-corrected chi connectivity index (χ1v) is 31.2. The molecule has 0 bridgehead atoms. The molecule has 0 fully saturated rings. The normalized spacial score (nSPS) is 12.4. The topological polar surface area (TPSA) is 128 Å². The van der Waals surface area contributed by atoms with Crippen LogP contribution in [0.3, 0.4) is 0 Å². The summed E-state index contributed by atoms with van der Waals surface area (Å²) in [6.07, 6.45) is -9.92. The molecule has 0 atom stereocenters. The number of hydrogen-bond acceptors (Lipinski definition) is 8. The molecule has 0 aliphatic carbocycles. The first-order chi connectivity index (χ1) is 44.5. The van der Waals surface area contributed by atoms with E-state index in [0.29, 0.717) is 95.5 Å². The molecule has 4 aromatic carbocycles. The van der Waals surface area contributed by atoms with Gasteiger partial charge in [0.05, 0.1) is 80.4 Å². The molecule has 8 aromatic rings. The van der Waals surface area contributed by atoms with Crippen molar-refractivity contribution in [2.24, 2.45) is 5.92 Å². The van der Waals surface area contributed by atoms with Gasteiger partial charge < -0.3 is 19.6 Å². The predicted octanol–water partition coefficient (Wildman–Crippen LogP) is 19.4. The predicted molar refractivity (Wildman–Crippen MR) is 340 cm³/mol. The van der Waals surface area contributed by atoms with Gasteiger partial charge in [-0.05, 0) is 165 Å². The van der Waals surface area contributed by atoms with E-state index in [4.69, 9.17) is 11.6 Å². The number of nitrogens with one attached hydrogen (secondary N) is 4. The Kier molecular flexibility index (Phi) is 29.1. The number of nitrogens with zero attached hydrogens (tertiary/aromatic N) is 8. The maximum Gasteiger partial charge on any atom is 0.417 e. The van der Waals surface area contributed by atoms with Gasteiger partial charge in [-0.1, -0.05) is 77.8 Å². The van der Waals surface area contributed by atoms with Gasteiger partial charge in [0.2, 0.25) is 0 Å². The van der Waals surface area contributed by atoms with Crippen LogP contribution >= 0.6 is 11.6 Å². The highest BCUT2D eigenvalue weighted by atomic mass is 35.5. The standard InChI is InChI=1S/C20H28F3N3.C16H17F6N3.C16H20F3N3.C15H17ClF3N3/c1-5-8-26(4)13-17-12-24-25-19(17)16-9-15(7-6-14(2)3)10-18(11-16)20(21,22)23;1-3-4-25(2)9-11-8-23-24-14(11)10-5-12(15(17,18)19)7-13(6-10)16(20,21)22;1-3-4-8-22(2)11-13-10-20-21-15(13)12-6-5-7-14(9-12)16(17,18)19;1-3-6-22(2)9-11-8-20-21-14(11)10-4-5-13(16)12(7-10)15(17,18)19/h9-12,14H,5-8,13H2,1-4H3,(H,24,25);5-8H,3-4,9H2,1-2H3,(H,23,24);5-7,9-10H,3-4,8,11H2,1-2H3,(H,20,21);4-5,7-8H,3,6,9H2,1-2H3,(H,20,21). The van der Waals surface area contributed by atoms with Crippen LogP contribution in [0.25, 0.3) is 45.0 Å². The Labute approximate surface area is 549 Å². The van der Waals surface area contributed by atoms with Crippen molar-refractivity contribution in [1.29, 1.82) is 0 Å². The smallest absolute Gasteiger partial charge is 0.302 e. The highest BCUT2D eigenvalue weighted by Crippen LogP contribution is 2.41. The summed E-state index contributed by atoms with van der Waals surface area (Å²) in [5.41, 5.74) is 2.48. The molecule has 0 aliphatic heterocycles. The number of alkyl halides is 15. The van der Waals surface area contributed by atoms with E-state index in [1.807, 2.05) is 46.1 Å². The first kappa shape index (κ1) is 78.5. The van der Waals surface area contributed by atoms with Crippen molar-refractivity contribution in [3.05, 3.63) is 164 Å². The van der Waals surface area contributed by atoms with Crippen LogP contribution in [-0.2, 0) is 63.5 Å². The van der Waals surface area contributed by atoms with Crippen LogP contribution in [0.5, 0.6) is 0 Å². The first-order valence-electron chi connectivity index (χ1n) is 30.9. The average molecular weight is 1380 g/mol. The van der Waals surface area contributed by atoms with Crippen LogP contribution in [-0.4, -0.2) is 115 Å². The molecule has 4 aromatic heterocycles. The van der Waals surface area contributed by atoms with Crippen LogP contribution in [0.1, 0.15) is 136 Å². The van der Waals surface area contributed by atoms with Crippen LogP contribution in [0.2, 0.25) is 5.02 Å². The lowest BCUT2D eigenvalue weighted by molar-refractivity contribution is -0.143. The summed E-state index contributed by atoms with van der Waals surface area (Å²) >= 11 is 5.65. The number of unbranched alkanes of at least 4 members (excludes halogenated alkanes) is 1. The monoisotopic (exact) mass is 1370 g/mol. The maximum absolute atomic E-state index is 13.4. The van der Waals surface area contributed by atoms with E-state index < -0.39 is 58.7 Å². The van der Waals surface area contributed by atoms with Crippen molar-refractivity contribution in [1.82, 2.24) is 60.4 Å². The molecular weight excluding hydrogens is 1290 g/mol. The summed E-state index contributed by atoms with van der Waals surface area (Å²) in [5.74, 6) is 0.443. The van der Waals surface area contributed by atoms with Gasteiger partial charge in [-0.25, -0.2) is 0 Å². The van der Waals surface area contributed by atoms with Crippen LogP contribution in [0.15, 0.2) is 104 Å². The Morgan fingerprint density at radius 3 is 1.13 bits per heavy atom. The molecule has 0 amide bonds. The highest BCUT2D eigenvalue weighted by molar-refractivity contribution is 6.31. The molecule has 8 rings (SSSR count). The van der Waals surface area contributed by atoms with E-state index in [1.54, 1.807) is 30.7 Å². The van der Waals surface area contributed by atoms with Gasteiger partial charge in [0, 0.05) is 70.7 Å². The molecule has 0 spiro atoms. The van der Waals surface area contributed by atoms with Crippen molar-refractivity contribution < 1.29 is 65.9 Å². The van der Waals surface area contributed by atoms with Gasteiger partial charge in [0.1, 0.15) is 0 Å². The molecule has 0 aliphatic rings. The minimum atomic E-state index is -4.88. The zero-order chi connectivity index (χ0) is 70.6. The van der Waals surface area contributed by atoms with Gasteiger partial charge in [0.15, 0.2) is 0 Å². The number of aryl methyl sites for hydroxylation is 1. The van der Waals surface area contributed by atoms with Gasteiger partial charge in [-0.15, -0.1) is 0 Å². The van der Waals surface area contributed by atoms with E-state index in [1.165, 1.54) is 30.5 Å². The van der Waals surface area contributed by atoms with Gasteiger partial charge >= 0.3 is 30.9 Å². The third-order valence-electron chi connectivity index (χ3n) is 14.9. The maximum atomic E-state index is 13.4. The van der Waals surface area contributed by atoms with E-state index >= 15 is 0 Å². The summed E-state index contributed by atoms with van der Waals surface area (Å²) in [4.78, 5) is 8.29. The van der Waals surface area contributed by atoms with Crippen molar-refractivity contribution in [2.75, 3.05) is 54.4 Å². The molecule has 95 heavy (non-hydrogen) atoms. The molecule has 12 nitrogen and oxygen atoms in total. The summed E-state index contributed by atoms with van der Waals surface area (Å²) in [7, 11) is 7.77. The fourth-order valence-corrected chi connectivity index (χ4v) is 10.4. The second kappa shape index (κ2) is 35.2. The zero-order valence-electron chi connectivity index (χ0n) is 54.6. The molecule has 28 heteroatoms. The SMILES string of the molecule is CCCCN(C)Cc1cn[nH]c1-c1cccc(C(F)(F)F)c1.CCCN(C)Cc1cn[nH]c1-c1cc(C(F)(F)F)cc(C(F)(F)F)c1.CCCN(C)Cc1cn[nH]c1-c1cc(CCC(C)C)cc(C(F)(F)F)c1.CCCN(C)Cc1cn[nH]c1-c1ccc(Cl)c(C(F)(F)F)c1. The van der Waals surface area contributed by atoms with Gasteiger partial charge in [-0.2, -0.15) is 86.3 Å². The number of H-pyrrole nitrogens is 4. The average Bonchev–Trinajstić information content (AvgIpc) is 1.60. The number of benzene rings is 4. The minimum Gasteiger partial charge on any atom is -0.302 e. The van der Waals surface area contributed by atoms with Crippen molar-refractivity contribution >= 4 is 11.6 Å². The lowest BCUT2D eigenvalue weighted by atomic mass is 9.96. The Hall–Kier alpha value is -7.20. The third-order valence-corrected chi connectivity index (χ3v) is 15.2. The lowest BCUT2D eigenvalue weighted by Crippen LogP contribution is -2.19. The van der Waals surface area contributed by atoms with Crippen LogP contribution in [0.4, 0.5) is 65.9 Å². The largest absolute Gasteiger partial charge is 0.417 e. The van der Waals surface area contributed by atoms with Crippen molar-refractivity contribution in [2.45, 2.75) is 144 Å². The molecule has 522 valence electrons. The quantitative estimate of drug-likeness (QED) is 0.0441. The lowest BCUT2D eigenvalue weighted by Gasteiger charge is -2.17. The molecule has 0 saturated carbocycles. The number of aromatic nitrogens is 8. The van der Waals surface area contributed by atoms with E-state index in [0.717, 1.165) is 99.6 Å². The number of aromatic amines is 4. The van der Waals surface area contributed by atoms with E-state index in [-0.39, 0.29) is 22.3 Å². The van der Waals surface area contributed by atoms with Gasteiger partial charge in [0.25, 0.3) is 0 Å². The van der Waals surface area contributed by atoms with E-state index in [9.17, 15) is 65.9 Å². The molecule has 0 unspecified atom stereocenters. The fraction of sp³-hybridized carbons (Fsp3) is 0.463. The van der Waals surface area contributed by atoms with Gasteiger partial charge in [-0.3, -0.25) is 20.4 Å². The summed E-state index contributed by atoms with van der Waals surface area (Å²) in [6, 6.07) is 15.1. The molecule has 4 N–H and O–H groups in total. The zero-order valence-corrected chi connectivity index (χ0v) is 55.4. The summed E-state index contributed by atoms with van der Waals surface area (Å²) in [6.45, 7) is 18.2. The van der Waals surface area contributed by atoms with E-state index in [2.05, 4.69) is 90.1 Å². The molecule has 0 radical (unpaired) electrons. The Bertz CT molecular complexity index is 3560. The number of hydrogen-bond donors (Lipinski definition) is 4. The molecular formula is C67H82ClF15N12. The minimum absolute atomic E-state index is 0.114. The van der Waals surface area contributed by atoms with Crippen LogP contribution in [0, 0.1) is 5.92 Å². The Balaban J connectivity index is 0.000000230. The molecule has 0 saturated heterocycles. The van der Waals surface area contributed by atoms with Crippen molar-refractivity contribution in [3.8, 4) is 45.0 Å². The fourth-order valence-electron chi connectivity index (χ4n) is 10.2. The summed E-state index contributed by atoms with van der Waals surface area (Å²) in [5, 5.41) is 26.5.